The van der Waals surface area contributed by atoms with Crippen LogP contribution in [0.4, 0.5) is 5.69 Å². The molecule has 0 aliphatic rings. The van der Waals surface area contributed by atoms with Crippen LogP contribution in [-0.4, -0.2) is 5.91 Å². The molecule has 1 N–H and O–H groups in total. The minimum absolute atomic E-state index is 0.0802. The van der Waals surface area contributed by atoms with Gasteiger partial charge in [0.15, 0.2) is 5.43 Å². The van der Waals surface area contributed by atoms with Crippen molar-refractivity contribution in [1.82, 2.24) is 0 Å². The molecule has 0 saturated carbocycles. The molecule has 0 aliphatic carbocycles. The van der Waals surface area contributed by atoms with Crippen molar-refractivity contribution in [1.29, 1.82) is 0 Å². The van der Waals surface area contributed by atoms with Crippen LogP contribution in [0.2, 0.25) is 0 Å². The summed E-state index contributed by atoms with van der Waals surface area (Å²) in [6.45, 7) is 6.00. The van der Waals surface area contributed by atoms with Gasteiger partial charge in [0, 0.05) is 22.9 Å². The summed E-state index contributed by atoms with van der Waals surface area (Å²) >= 11 is 0. The van der Waals surface area contributed by atoms with E-state index in [0.29, 0.717) is 22.3 Å². The highest BCUT2D eigenvalue weighted by molar-refractivity contribution is 6.05. The molecule has 0 saturated heterocycles. The third kappa shape index (κ3) is 3.77. The molecule has 0 fully saturated rings. The van der Waals surface area contributed by atoms with Gasteiger partial charge in [-0.15, -0.1) is 0 Å². The van der Waals surface area contributed by atoms with E-state index in [1.54, 1.807) is 24.3 Å². The van der Waals surface area contributed by atoms with E-state index in [2.05, 4.69) is 12.2 Å². The molecule has 1 heterocycles. The Hall–Kier alpha value is -3.66. The lowest BCUT2D eigenvalue weighted by Crippen LogP contribution is -2.14. The molecular weight excluding hydrogens is 374 g/mol. The van der Waals surface area contributed by atoms with Crippen molar-refractivity contribution in [3.63, 3.8) is 0 Å². The van der Waals surface area contributed by atoms with Gasteiger partial charge < -0.3 is 9.73 Å². The first-order valence-corrected chi connectivity index (χ1v) is 10.0. The number of amides is 1. The Labute approximate surface area is 175 Å². The average molecular weight is 397 g/mol. The van der Waals surface area contributed by atoms with Crippen LogP contribution in [0, 0.1) is 13.8 Å². The highest BCUT2D eigenvalue weighted by Crippen LogP contribution is 2.25. The molecule has 3 aromatic carbocycles. The SMILES string of the molecule is CCc1cccc(C)c1NC(=O)c1ccc(-c2cc(=O)c3cc(C)ccc3o2)cc1. The van der Waals surface area contributed by atoms with E-state index in [1.165, 1.54) is 6.07 Å². The number of carbonyl (C=O) groups is 1. The molecule has 30 heavy (non-hydrogen) atoms. The summed E-state index contributed by atoms with van der Waals surface area (Å²) in [6, 6.07) is 20.1. The molecule has 150 valence electrons. The second-order valence-electron chi connectivity index (χ2n) is 7.47. The fourth-order valence-corrected chi connectivity index (χ4v) is 3.59. The van der Waals surface area contributed by atoms with E-state index in [4.69, 9.17) is 4.42 Å². The van der Waals surface area contributed by atoms with Gasteiger partial charge in [-0.1, -0.05) is 48.9 Å². The zero-order chi connectivity index (χ0) is 21.3. The number of para-hydroxylation sites is 1. The third-order valence-electron chi connectivity index (χ3n) is 5.29. The van der Waals surface area contributed by atoms with Crippen LogP contribution >= 0.6 is 0 Å². The Kier molecular flexibility index (Phi) is 5.23. The lowest BCUT2D eigenvalue weighted by Gasteiger charge is -2.13. The van der Waals surface area contributed by atoms with Gasteiger partial charge >= 0.3 is 0 Å². The summed E-state index contributed by atoms with van der Waals surface area (Å²) in [7, 11) is 0. The topological polar surface area (TPSA) is 59.3 Å². The minimum Gasteiger partial charge on any atom is -0.456 e. The molecule has 0 atom stereocenters. The summed E-state index contributed by atoms with van der Waals surface area (Å²) < 4.78 is 5.93. The lowest BCUT2D eigenvalue weighted by molar-refractivity contribution is 0.102. The molecule has 1 amide bonds. The van der Waals surface area contributed by atoms with Crippen molar-refractivity contribution in [3.05, 3.63) is 99.2 Å². The summed E-state index contributed by atoms with van der Waals surface area (Å²) in [5, 5.41) is 3.60. The van der Waals surface area contributed by atoms with E-state index in [0.717, 1.165) is 34.4 Å². The van der Waals surface area contributed by atoms with Gasteiger partial charge in [-0.2, -0.15) is 0 Å². The van der Waals surface area contributed by atoms with E-state index in [-0.39, 0.29) is 11.3 Å². The number of benzene rings is 3. The second-order valence-corrected chi connectivity index (χ2v) is 7.47. The first-order valence-electron chi connectivity index (χ1n) is 10.0. The fourth-order valence-electron chi connectivity index (χ4n) is 3.59. The maximum absolute atomic E-state index is 12.8. The highest BCUT2D eigenvalue weighted by Gasteiger charge is 2.12. The zero-order valence-corrected chi connectivity index (χ0v) is 17.3. The number of aryl methyl sites for hydroxylation is 3. The van der Waals surface area contributed by atoms with Gasteiger partial charge in [-0.05, 0) is 55.7 Å². The van der Waals surface area contributed by atoms with Crippen molar-refractivity contribution >= 4 is 22.6 Å². The van der Waals surface area contributed by atoms with Crippen LogP contribution in [0.15, 0.2) is 75.9 Å². The van der Waals surface area contributed by atoms with E-state index < -0.39 is 0 Å². The number of rotatable bonds is 4. The molecule has 4 rings (SSSR count). The normalized spacial score (nSPS) is 10.9. The predicted molar refractivity (Wildman–Crippen MR) is 121 cm³/mol. The van der Waals surface area contributed by atoms with Gasteiger partial charge in [-0.3, -0.25) is 9.59 Å². The van der Waals surface area contributed by atoms with E-state index in [9.17, 15) is 9.59 Å². The molecule has 4 heteroatoms. The van der Waals surface area contributed by atoms with Gasteiger partial charge in [-0.25, -0.2) is 0 Å². The number of hydrogen-bond acceptors (Lipinski definition) is 3. The van der Waals surface area contributed by atoms with Crippen LogP contribution in [0.25, 0.3) is 22.3 Å². The second kappa shape index (κ2) is 7.99. The van der Waals surface area contributed by atoms with Gasteiger partial charge in [0.05, 0.1) is 5.39 Å². The van der Waals surface area contributed by atoms with Crippen molar-refractivity contribution in [2.45, 2.75) is 27.2 Å². The van der Waals surface area contributed by atoms with Crippen LogP contribution in [0.5, 0.6) is 0 Å². The van der Waals surface area contributed by atoms with Gasteiger partial charge in [0.25, 0.3) is 5.91 Å². The predicted octanol–water partition coefficient (Wildman–Crippen LogP) is 5.89. The Bertz CT molecular complexity index is 1300. The average Bonchev–Trinajstić information content (AvgIpc) is 2.75. The monoisotopic (exact) mass is 397 g/mol. The number of fused-ring (bicyclic) bond motifs is 1. The van der Waals surface area contributed by atoms with E-state index in [1.807, 2.05) is 50.2 Å². The van der Waals surface area contributed by atoms with Crippen LogP contribution in [0.3, 0.4) is 0 Å². The molecule has 1 aromatic heterocycles. The first-order chi connectivity index (χ1) is 14.5. The molecule has 0 bridgehead atoms. The Morgan fingerprint density at radius 3 is 2.47 bits per heavy atom. The maximum Gasteiger partial charge on any atom is 0.255 e. The highest BCUT2D eigenvalue weighted by atomic mass is 16.3. The van der Waals surface area contributed by atoms with Crippen molar-refractivity contribution in [3.8, 4) is 11.3 Å². The smallest absolute Gasteiger partial charge is 0.255 e. The largest absolute Gasteiger partial charge is 0.456 e. The quantitative estimate of drug-likeness (QED) is 0.467. The first kappa shape index (κ1) is 19.6. The van der Waals surface area contributed by atoms with Crippen molar-refractivity contribution in [2.24, 2.45) is 0 Å². The Morgan fingerprint density at radius 1 is 0.967 bits per heavy atom. The van der Waals surface area contributed by atoms with Crippen molar-refractivity contribution < 1.29 is 9.21 Å². The lowest BCUT2D eigenvalue weighted by atomic mass is 10.0. The molecule has 0 radical (unpaired) electrons. The Morgan fingerprint density at radius 2 is 1.73 bits per heavy atom. The summed E-state index contributed by atoms with van der Waals surface area (Å²) in [4.78, 5) is 25.2. The Balaban J connectivity index is 1.62. The molecular formula is C26H23NO3. The molecule has 0 spiro atoms. The van der Waals surface area contributed by atoms with E-state index >= 15 is 0 Å². The molecule has 4 nitrogen and oxygen atoms in total. The molecule has 4 aromatic rings. The molecule has 0 unspecified atom stereocenters. The minimum atomic E-state index is -0.166. The number of hydrogen-bond donors (Lipinski definition) is 1. The van der Waals surface area contributed by atoms with Crippen LogP contribution in [0.1, 0.15) is 34.0 Å². The maximum atomic E-state index is 12.8. The fraction of sp³-hybridized carbons (Fsp3) is 0.154. The van der Waals surface area contributed by atoms with Gasteiger partial charge in [0.1, 0.15) is 11.3 Å². The third-order valence-corrected chi connectivity index (χ3v) is 5.29. The zero-order valence-electron chi connectivity index (χ0n) is 17.3. The van der Waals surface area contributed by atoms with Gasteiger partial charge in [0.2, 0.25) is 0 Å². The summed E-state index contributed by atoms with van der Waals surface area (Å²) in [5.41, 5.74) is 5.78. The van der Waals surface area contributed by atoms with Crippen molar-refractivity contribution in [2.75, 3.05) is 5.32 Å². The number of nitrogens with one attached hydrogen (secondary N) is 1. The number of anilines is 1. The summed E-state index contributed by atoms with van der Waals surface area (Å²) in [6.07, 6.45) is 0.844. The standard InChI is InChI=1S/C26H23NO3/c1-4-18-7-5-6-17(3)25(18)27-26(29)20-11-9-19(10-12-20)24-15-22(28)21-14-16(2)8-13-23(21)30-24/h5-15H,4H2,1-3H3,(H,27,29). The molecule has 0 aliphatic heterocycles. The summed E-state index contributed by atoms with van der Waals surface area (Å²) in [5.74, 6) is 0.316. The number of carbonyl (C=O) groups excluding carboxylic acids is 1. The van der Waals surface area contributed by atoms with Crippen LogP contribution in [-0.2, 0) is 6.42 Å². The van der Waals surface area contributed by atoms with Crippen LogP contribution < -0.4 is 10.7 Å².